The number of carbonyl (C=O) groups is 1. The zero-order valence-electron chi connectivity index (χ0n) is 11.3. The van der Waals surface area contributed by atoms with Crippen LogP contribution in [0, 0.1) is 5.92 Å². The second kappa shape index (κ2) is 8.15. The number of benzene rings is 1. The number of amides is 1. The summed E-state index contributed by atoms with van der Waals surface area (Å²) in [4.78, 5) is 14.3. The van der Waals surface area contributed by atoms with Gasteiger partial charge in [-0.05, 0) is 11.5 Å². The average molecular weight is 369 g/mol. The fraction of sp³-hybridized carbons (Fsp3) is 0.312. The van der Waals surface area contributed by atoms with Gasteiger partial charge in [0.15, 0.2) is 0 Å². The predicted molar refractivity (Wildman–Crippen MR) is 89.2 cm³/mol. The molecule has 0 radical (unpaired) electrons. The maximum absolute atomic E-state index is 12.5. The molecule has 102 valence electrons. The Kier molecular flexibility index (Phi) is 6.84. The van der Waals surface area contributed by atoms with Gasteiger partial charge in [-0.15, -0.1) is 13.2 Å². The van der Waals surface area contributed by atoms with Crippen molar-refractivity contribution in [3.8, 4) is 0 Å². The van der Waals surface area contributed by atoms with Gasteiger partial charge in [-0.2, -0.15) is 0 Å². The van der Waals surface area contributed by atoms with Crippen molar-refractivity contribution in [1.29, 1.82) is 0 Å². The number of nitrogens with zero attached hydrogens (tertiary/aromatic N) is 1. The largest absolute Gasteiger partial charge is 0.334 e. The number of alkyl halides is 1. The summed E-state index contributed by atoms with van der Waals surface area (Å²) in [6.45, 7) is 10.7. The number of halogens is 1. The highest BCUT2D eigenvalue weighted by Crippen LogP contribution is 2.18. The van der Waals surface area contributed by atoms with E-state index in [4.69, 9.17) is 0 Å². The Morgan fingerprint density at radius 3 is 2.53 bits per heavy atom. The van der Waals surface area contributed by atoms with E-state index >= 15 is 0 Å². The molecule has 1 aromatic carbocycles. The summed E-state index contributed by atoms with van der Waals surface area (Å²) in [6.07, 6.45) is 3.59. The molecule has 0 spiro atoms. The van der Waals surface area contributed by atoms with Crippen LogP contribution in [-0.2, 0) is 11.3 Å². The minimum absolute atomic E-state index is 0.0845. The Bertz CT molecular complexity index is 430. The molecule has 3 heteroatoms. The lowest BCUT2D eigenvalue weighted by Crippen LogP contribution is -2.38. The third kappa shape index (κ3) is 4.82. The van der Waals surface area contributed by atoms with Crippen LogP contribution < -0.4 is 0 Å². The van der Waals surface area contributed by atoms with Gasteiger partial charge in [0.2, 0.25) is 5.91 Å². The minimum Gasteiger partial charge on any atom is -0.334 e. The van der Waals surface area contributed by atoms with Crippen molar-refractivity contribution in [2.75, 3.05) is 6.54 Å². The van der Waals surface area contributed by atoms with Gasteiger partial charge in [-0.1, -0.05) is 72.0 Å². The van der Waals surface area contributed by atoms with Crippen LogP contribution in [0.2, 0.25) is 0 Å². The smallest absolute Gasteiger partial charge is 0.236 e. The third-order valence-electron chi connectivity index (χ3n) is 2.95. The maximum atomic E-state index is 12.5. The summed E-state index contributed by atoms with van der Waals surface area (Å²) in [6, 6.07) is 10.0. The number of carbonyl (C=O) groups excluding carboxylic acids is 1. The molecule has 0 saturated heterocycles. The lowest BCUT2D eigenvalue weighted by molar-refractivity contribution is -0.130. The zero-order valence-corrected chi connectivity index (χ0v) is 13.4. The second-order valence-corrected chi connectivity index (χ2v) is 5.83. The molecule has 0 heterocycles. The molecular formula is C16H20INO. The maximum Gasteiger partial charge on any atom is 0.236 e. The molecule has 2 unspecified atom stereocenters. The van der Waals surface area contributed by atoms with Gasteiger partial charge in [-0.3, -0.25) is 4.79 Å². The Morgan fingerprint density at radius 2 is 2.00 bits per heavy atom. The Labute approximate surface area is 129 Å². The fourth-order valence-electron chi connectivity index (χ4n) is 1.71. The third-order valence-corrected chi connectivity index (χ3v) is 4.61. The first-order chi connectivity index (χ1) is 9.10. The van der Waals surface area contributed by atoms with E-state index < -0.39 is 0 Å². The van der Waals surface area contributed by atoms with Crippen molar-refractivity contribution in [2.45, 2.75) is 17.4 Å². The van der Waals surface area contributed by atoms with E-state index in [1.165, 1.54) is 0 Å². The molecule has 0 fully saturated rings. The highest BCUT2D eigenvalue weighted by Gasteiger charge is 2.24. The Morgan fingerprint density at radius 1 is 1.37 bits per heavy atom. The van der Waals surface area contributed by atoms with Gasteiger partial charge >= 0.3 is 0 Å². The standard InChI is InChI=1S/C16H20INO/c1-4-11-18(12-14-9-7-6-8-10-14)16(19)15(17)13(3)5-2/h4-10,13,15H,1-2,11-12H2,3H3. The SMILES string of the molecule is C=CCN(Cc1ccccc1)C(=O)C(I)C(C)C=C. The Balaban J connectivity index is 2.79. The van der Waals surface area contributed by atoms with Gasteiger partial charge in [0.1, 0.15) is 0 Å². The van der Waals surface area contributed by atoms with E-state index in [1.54, 1.807) is 6.08 Å². The molecular weight excluding hydrogens is 349 g/mol. The minimum atomic E-state index is -0.0845. The zero-order chi connectivity index (χ0) is 14.3. The van der Waals surface area contributed by atoms with E-state index in [9.17, 15) is 4.79 Å². The first-order valence-corrected chi connectivity index (χ1v) is 7.55. The highest BCUT2D eigenvalue weighted by molar-refractivity contribution is 14.1. The van der Waals surface area contributed by atoms with E-state index in [2.05, 4.69) is 35.7 Å². The average Bonchev–Trinajstić information content (AvgIpc) is 2.45. The molecule has 0 N–H and O–H groups in total. The number of rotatable bonds is 7. The molecule has 0 aliphatic rings. The molecule has 0 aliphatic heterocycles. The molecule has 1 rings (SSSR count). The van der Waals surface area contributed by atoms with Gasteiger partial charge in [0.05, 0.1) is 3.92 Å². The van der Waals surface area contributed by atoms with E-state index in [0.29, 0.717) is 13.1 Å². The summed E-state index contributed by atoms with van der Waals surface area (Å²) in [5.74, 6) is 0.299. The van der Waals surface area contributed by atoms with Gasteiger partial charge in [0, 0.05) is 13.1 Å². The summed E-state index contributed by atoms with van der Waals surface area (Å²) in [7, 11) is 0. The summed E-state index contributed by atoms with van der Waals surface area (Å²) >= 11 is 2.19. The van der Waals surface area contributed by atoms with Crippen LogP contribution in [-0.4, -0.2) is 21.3 Å². The monoisotopic (exact) mass is 369 g/mol. The molecule has 1 aromatic rings. The van der Waals surface area contributed by atoms with Crippen LogP contribution >= 0.6 is 22.6 Å². The molecule has 0 saturated carbocycles. The molecule has 0 bridgehead atoms. The topological polar surface area (TPSA) is 20.3 Å². The first-order valence-electron chi connectivity index (χ1n) is 6.30. The molecule has 0 aliphatic carbocycles. The van der Waals surface area contributed by atoms with Crippen molar-refractivity contribution in [2.24, 2.45) is 5.92 Å². The van der Waals surface area contributed by atoms with Crippen LogP contribution in [0.4, 0.5) is 0 Å². The molecule has 1 amide bonds. The number of allylic oxidation sites excluding steroid dienone is 1. The van der Waals surface area contributed by atoms with Crippen molar-refractivity contribution < 1.29 is 4.79 Å². The van der Waals surface area contributed by atoms with E-state index in [-0.39, 0.29) is 15.7 Å². The number of hydrogen-bond donors (Lipinski definition) is 0. The first kappa shape index (κ1) is 16.0. The van der Waals surface area contributed by atoms with Gasteiger partial charge in [0.25, 0.3) is 0 Å². The lowest BCUT2D eigenvalue weighted by Gasteiger charge is -2.25. The summed E-state index contributed by atoms with van der Waals surface area (Å²) < 4.78 is -0.0845. The van der Waals surface area contributed by atoms with Crippen molar-refractivity contribution in [3.63, 3.8) is 0 Å². The van der Waals surface area contributed by atoms with Crippen molar-refractivity contribution in [3.05, 3.63) is 61.2 Å². The quantitative estimate of drug-likeness (QED) is 0.407. The highest BCUT2D eigenvalue weighted by atomic mass is 127. The van der Waals surface area contributed by atoms with Crippen LogP contribution in [0.15, 0.2) is 55.6 Å². The molecule has 2 nitrogen and oxygen atoms in total. The van der Waals surface area contributed by atoms with E-state index in [1.807, 2.05) is 48.2 Å². The normalized spacial score (nSPS) is 13.4. The van der Waals surface area contributed by atoms with Gasteiger partial charge in [-0.25, -0.2) is 0 Å². The van der Waals surface area contributed by atoms with Crippen LogP contribution in [0.25, 0.3) is 0 Å². The summed E-state index contributed by atoms with van der Waals surface area (Å²) in [5, 5.41) is 0. The second-order valence-electron chi connectivity index (χ2n) is 4.49. The summed E-state index contributed by atoms with van der Waals surface area (Å²) in [5.41, 5.74) is 1.13. The van der Waals surface area contributed by atoms with E-state index in [0.717, 1.165) is 5.56 Å². The molecule has 0 aromatic heterocycles. The lowest BCUT2D eigenvalue weighted by atomic mass is 10.1. The fourth-order valence-corrected chi connectivity index (χ4v) is 2.40. The van der Waals surface area contributed by atoms with Crippen molar-refractivity contribution >= 4 is 28.5 Å². The molecule has 2 atom stereocenters. The van der Waals surface area contributed by atoms with Crippen molar-refractivity contribution in [1.82, 2.24) is 4.90 Å². The molecule has 19 heavy (non-hydrogen) atoms. The van der Waals surface area contributed by atoms with Crippen LogP contribution in [0.3, 0.4) is 0 Å². The van der Waals surface area contributed by atoms with Gasteiger partial charge < -0.3 is 4.90 Å². The Hall–Kier alpha value is -1.10. The van der Waals surface area contributed by atoms with Crippen LogP contribution in [0.1, 0.15) is 12.5 Å². The number of hydrogen-bond acceptors (Lipinski definition) is 1. The van der Waals surface area contributed by atoms with Crippen LogP contribution in [0.5, 0.6) is 0 Å². The predicted octanol–water partition coefficient (Wildman–Crippen LogP) is 3.83.